The van der Waals surface area contributed by atoms with Crippen LogP contribution >= 0.6 is 0 Å². The first kappa shape index (κ1) is 58.8. The molecule has 0 fully saturated rings. The van der Waals surface area contributed by atoms with Crippen molar-refractivity contribution in [1.29, 1.82) is 0 Å². The minimum atomic E-state index is 0.491. The molecule has 0 saturated heterocycles. The van der Waals surface area contributed by atoms with E-state index < -0.39 is 0 Å². The van der Waals surface area contributed by atoms with Crippen molar-refractivity contribution >= 4 is 115 Å². The summed E-state index contributed by atoms with van der Waals surface area (Å²) < 4.78 is 7.20. The Kier molecular flexibility index (Phi) is 18.6. The maximum Gasteiger partial charge on any atom is 0.0620 e. The first-order chi connectivity index (χ1) is 41.3. The van der Waals surface area contributed by atoms with Gasteiger partial charge < -0.3 is 18.3 Å². The number of hydrogen-bond acceptors (Lipinski definition) is 1. The van der Waals surface area contributed by atoms with Crippen molar-refractivity contribution < 1.29 is 0 Å². The molecule has 0 N–H and O–H groups in total. The van der Waals surface area contributed by atoms with Gasteiger partial charge >= 0.3 is 0 Å². The highest BCUT2D eigenvalue weighted by molar-refractivity contribution is 6.24. The van der Waals surface area contributed by atoms with Gasteiger partial charge in [-0.25, -0.2) is 0 Å². The number of fused-ring (bicyclic) bond motifs is 15. The van der Waals surface area contributed by atoms with Crippen LogP contribution in [0.2, 0.25) is 0 Å². The van der Waals surface area contributed by atoms with E-state index in [1.807, 2.05) is 18.2 Å². The van der Waals surface area contributed by atoms with Crippen LogP contribution in [0.1, 0.15) is 82.2 Å². The Morgan fingerprint density at radius 2 is 0.400 bits per heavy atom. The van der Waals surface area contributed by atoms with E-state index in [4.69, 9.17) is 0 Å². The summed E-state index contributed by atoms with van der Waals surface area (Å²) in [6.45, 7) is 24.0. The van der Waals surface area contributed by atoms with Crippen LogP contribution in [-0.4, -0.2) is 13.4 Å². The lowest BCUT2D eigenvalue weighted by Gasteiger charge is -2.25. The number of rotatable bonds is 4. The molecular formula is C81H82N4. The van der Waals surface area contributed by atoms with Crippen LogP contribution in [0.4, 0.5) is 17.1 Å². The maximum absolute atomic E-state index is 2.41. The molecule has 0 aliphatic carbocycles. The van der Waals surface area contributed by atoms with E-state index in [-0.39, 0.29) is 0 Å². The molecule has 0 spiro atoms. The molecule has 16 aromatic rings. The second kappa shape index (κ2) is 26.9. The lowest BCUT2D eigenvalue weighted by Crippen LogP contribution is -2.09. The molecule has 0 aliphatic rings. The van der Waals surface area contributed by atoms with Crippen molar-refractivity contribution in [3.05, 3.63) is 273 Å². The summed E-state index contributed by atoms with van der Waals surface area (Å²) in [6, 6.07) is 96.9. The van der Waals surface area contributed by atoms with E-state index in [2.05, 4.69) is 349 Å². The van der Waals surface area contributed by atoms with Crippen molar-refractivity contribution in [2.45, 2.75) is 82.2 Å². The largest absolute Gasteiger partial charge is 0.338 e. The van der Waals surface area contributed by atoms with Gasteiger partial charge in [0, 0.05) is 88.0 Å². The van der Waals surface area contributed by atoms with E-state index in [0.717, 1.165) is 17.8 Å². The first-order valence-corrected chi connectivity index (χ1v) is 30.5. The number of anilines is 3. The van der Waals surface area contributed by atoms with Crippen molar-refractivity contribution in [2.24, 2.45) is 17.8 Å². The van der Waals surface area contributed by atoms with Gasteiger partial charge in [0.1, 0.15) is 0 Å². The van der Waals surface area contributed by atoms with Crippen LogP contribution in [0.15, 0.2) is 273 Å². The fourth-order valence-corrected chi connectivity index (χ4v) is 11.5. The van der Waals surface area contributed by atoms with Crippen LogP contribution in [0.5, 0.6) is 0 Å². The van der Waals surface area contributed by atoms with Gasteiger partial charge in [-0.2, -0.15) is 0 Å². The molecule has 0 unspecified atom stereocenters. The Morgan fingerprint density at radius 1 is 0.212 bits per heavy atom. The summed E-state index contributed by atoms with van der Waals surface area (Å²) >= 11 is 0. The van der Waals surface area contributed by atoms with Crippen LogP contribution in [-0.2, 0) is 0 Å². The molecular weight excluding hydrogens is 1030 g/mol. The zero-order chi connectivity index (χ0) is 59.6. The summed E-state index contributed by atoms with van der Waals surface area (Å²) in [5.74, 6) is 2.50. The minimum absolute atomic E-state index is 0.491. The molecule has 0 bridgehead atoms. The van der Waals surface area contributed by atoms with Gasteiger partial charge in [0.05, 0.1) is 33.1 Å². The summed E-state index contributed by atoms with van der Waals surface area (Å²) in [4.78, 5) is 2.25. The molecule has 4 heteroatoms. The fraction of sp³-hybridized carbons (Fsp3) is 0.185. The summed E-state index contributed by atoms with van der Waals surface area (Å²) in [5.41, 5.74) is 14.1. The molecule has 0 saturated carbocycles. The van der Waals surface area contributed by atoms with Crippen LogP contribution in [0.25, 0.3) is 98.0 Å². The van der Waals surface area contributed by atoms with Crippen molar-refractivity contribution in [3.63, 3.8) is 0 Å². The van der Waals surface area contributed by atoms with Gasteiger partial charge in [-0.3, -0.25) is 0 Å². The minimum Gasteiger partial charge on any atom is -0.338 e. The molecule has 0 amide bonds. The molecule has 5 aromatic heterocycles. The molecule has 16 rings (SSSR count). The van der Waals surface area contributed by atoms with E-state index in [0.29, 0.717) is 6.04 Å². The van der Waals surface area contributed by atoms with E-state index in [1.54, 1.807) is 0 Å². The molecule has 5 heterocycles. The topological polar surface area (TPSA) is 17.0 Å². The molecule has 0 aliphatic heterocycles. The summed E-state index contributed by atoms with van der Waals surface area (Å²) in [7, 11) is 0. The summed E-state index contributed by atoms with van der Waals surface area (Å²) in [6.07, 6.45) is 0. The third-order valence-corrected chi connectivity index (χ3v) is 14.4. The molecule has 426 valence electrons. The second-order valence-electron chi connectivity index (χ2n) is 24.2. The van der Waals surface area contributed by atoms with Crippen LogP contribution < -0.4 is 4.90 Å². The Balaban J connectivity index is 0.000000119. The standard InChI is InChI=1S/2C18H11N.C18H15N.C15H15N.3C4H10/c2*1-3-10-16-12(6-1)14-8-5-9-15-13-7-2-4-11-17(13)19(16)18(14)15;1-4-10-16(11-5-1)19(17-12-6-2-7-13-17)18-14-8-3-9-15-18;1-11(2)16-14-9-5-3-7-12(14)13-8-4-6-10-15(13)16;3*1-4(2)3/h2*1-11H;1-15H;3-11H,1-2H3;3*4H,1-3H3. The predicted octanol–water partition coefficient (Wildman–Crippen LogP) is 24.2. The quantitative estimate of drug-likeness (QED) is 0.172. The molecule has 85 heavy (non-hydrogen) atoms. The normalized spacial score (nSPS) is 11.2. The second-order valence-corrected chi connectivity index (χ2v) is 24.2. The average molecular weight is 1110 g/mol. The van der Waals surface area contributed by atoms with Gasteiger partial charge in [-0.15, -0.1) is 0 Å². The third-order valence-electron chi connectivity index (χ3n) is 14.4. The summed E-state index contributed by atoms with van der Waals surface area (Å²) in [5, 5.41) is 13.5. The van der Waals surface area contributed by atoms with Crippen molar-refractivity contribution in [2.75, 3.05) is 4.90 Å². The lowest BCUT2D eigenvalue weighted by atomic mass is 10.1. The maximum atomic E-state index is 2.41. The van der Waals surface area contributed by atoms with Crippen LogP contribution in [0.3, 0.4) is 0 Å². The average Bonchev–Trinajstić information content (AvgIpc) is 1.69. The Labute approximate surface area is 503 Å². The lowest BCUT2D eigenvalue weighted by molar-refractivity contribution is 0.642. The van der Waals surface area contributed by atoms with Gasteiger partial charge in [0.2, 0.25) is 0 Å². The predicted molar refractivity (Wildman–Crippen MR) is 375 cm³/mol. The number of nitrogens with zero attached hydrogens (tertiary/aromatic N) is 4. The highest BCUT2D eigenvalue weighted by Crippen LogP contribution is 2.41. The van der Waals surface area contributed by atoms with E-state index in [1.165, 1.54) is 115 Å². The molecule has 4 nitrogen and oxygen atoms in total. The highest BCUT2D eigenvalue weighted by atomic mass is 15.1. The smallest absolute Gasteiger partial charge is 0.0620 e. The van der Waals surface area contributed by atoms with Gasteiger partial charge in [0.15, 0.2) is 0 Å². The number of aromatic nitrogens is 3. The van der Waals surface area contributed by atoms with Crippen LogP contribution in [0, 0.1) is 17.8 Å². The zero-order valence-electron chi connectivity index (χ0n) is 51.6. The Morgan fingerprint density at radius 3 is 0.635 bits per heavy atom. The third kappa shape index (κ3) is 12.6. The fourth-order valence-electron chi connectivity index (χ4n) is 11.5. The van der Waals surface area contributed by atoms with Crippen molar-refractivity contribution in [1.82, 2.24) is 13.4 Å². The van der Waals surface area contributed by atoms with E-state index in [9.17, 15) is 0 Å². The Bertz CT molecular complexity index is 4190. The first-order valence-electron chi connectivity index (χ1n) is 30.5. The SMILES string of the molecule is CC(C)C.CC(C)C.CC(C)C.CC(C)n1c2ccccc2c2ccccc21.c1ccc(N(c2ccccc2)c2ccccc2)cc1.c1ccc2c(c1)c1cccc3c4ccccc4n2c13.c1ccc2c(c1)c1cccc3c4ccccc4n2c13. The Hall–Kier alpha value is -9.38. The highest BCUT2D eigenvalue weighted by Gasteiger charge is 2.18. The zero-order valence-corrected chi connectivity index (χ0v) is 51.6. The van der Waals surface area contributed by atoms with Gasteiger partial charge in [-0.1, -0.05) is 263 Å². The number of benzene rings is 11. The molecule has 11 aromatic carbocycles. The van der Waals surface area contributed by atoms with Crippen molar-refractivity contribution in [3.8, 4) is 0 Å². The molecule has 0 atom stereocenters. The molecule has 0 radical (unpaired) electrons. The monoisotopic (exact) mass is 1110 g/mol. The van der Waals surface area contributed by atoms with E-state index >= 15 is 0 Å². The number of hydrogen-bond donors (Lipinski definition) is 0. The van der Waals surface area contributed by atoms with Gasteiger partial charge in [-0.05, 0) is 104 Å². The van der Waals surface area contributed by atoms with Gasteiger partial charge in [0.25, 0.3) is 0 Å². The number of para-hydroxylation sites is 11.